The molecule has 0 amide bonds. The first-order valence-corrected chi connectivity index (χ1v) is 5.11. The van der Waals surface area contributed by atoms with Crippen LogP contribution in [0, 0.1) is 0 Å². The molecule has 6 heteroatoms. The van der Waals surface area contributed by atoms with Crippen LogP contribution in [0.1, 0.15) is 0 Å². The van der Waals surface area contributed by atoms with Crippen molar-refractivity contribution in [2.75, 3.05) is 0 Å². The molecule has 0 radical (unpaired) electrons. The van der Waals surface area contributed by atoms with Crippen molar-refractivity contribution in [2.24, 2.45) is 0 Å². The van der Waals surface area contributed by atoms with Gasteiger partial charge in [-0.15, -0.1) is 11.6 Å². The zero-order valence-electron chi connectivity index (χ0n) is 5.38. The van der Waals surface area contributed by atoms with E-state index >= 15 is 0 Å². The molecule has 1 aliphatic carbocycles. The molecule has 0 spiro atoms. The van der Waals surface area contributed by atoms with Gasteiger partial charge in [0.2, 0.25) is 0 Å². The van der Waals surface area contributed by atoms with Gasteiger partial charge in [-0.2, -0.15) is 0 Å². The van der Waals surface area contributed by atoms with Crippen molar-refractivity contribution in [3.05, 3.63) is 20.1 Å². The standard InChI is InChI=1S/C6HCl5S/c7-1-2(8)4(10)6(12)5(11)3(1)9/h4H. The summed E-state index contributed by atoms with van der Waals surface area (Å²) in [6, 6.07) is 0. The van der Waals surface area contributed by atoms with Crippen molar-refractivity contribution in [1.29, 1.82) is 0 Å². The molecule has 0 heterocycles. The van der Waals surface area contributed by atoms with Crippen LogP contribution >= 0.6 is 70.2 Å². The van der Waals surface area contributed by atoms with Crippen LogP contribution in [0.3, 0.4) is 0 Å². The minimum Gasteiger partial charge on any atom is -0.111 e. The molecular weight excluding hydrogens is 281 g/mol. The Morgan fingerprint density at radius 1 is 0.917 bits per heavy atom. The molecule has 0 aromatic heterocycles. The van der Waals surface area contributed by atoms with Crippen LogP contribution in [0.4, 0.5) is 0 Å². The largest absolute Gasteiger partial charge is 0.111 e. The van der Waals surface area contributed by atoms with Crippen molar-refractivity contribution >= 4 is 75.1 Å². The normalized spacial score (nSPS) is 25.4. The van der Waals surface area contributed by atoms with Crippen LogP contribution in [-0.2, 0) is 0 Å². The zero-order valence-corrected chi connectivity index (χ0v) is 9.97. The average Bonchev–Trinajstić information content (AvgIpc) is 2.08. The van der Waals surface area contributed by atoms with E-state index < -0.39 is 5.38 Å². The average molecular weight is 282 g/mol. The van der Waals surface area contributed by atoms with Crippen molar-refractivity contribution in [2.45, 2.75) is 5.38 Å². The lowest BCUT2D eigenvalue weighted by Gasteiger charge is -2.17. The molecule has 1 atom stereocenters. The summed E-state index contributed by atoms with van der Waals surface area (Å²) in [4.78, 5) is 0.303. The van der Waals surface area contributed by atoms with Gasteiger partial charge < -0.3 is 0 Å². The van der Waals surface area contributed by atoms with Crippen molar-refractivity contribution < 1.29 is 0 Å². The number of hydrogen-bond acceptors (Lipinski definition) is 1. The second-order valence-corrected chi connectivity index (χ2v) is 4.43. The summed E-state index contributed by atoms with van der Waals surface area (Å²) in [7, 11) is 0. The predicted octanol–water partition coefficient (Wildman–Crippen LogP) is 4.36. The molecule has 0 bridgehead atoms. The zero-order chi connectivity index (χ0) is 9.46. The predicted molar refractivity (Wildman–Crippen MR) is 59.7 cm³/mol. The summed E-state index contributed by atoms with van der Waals surface area (Å²) in [5.41, 5.74) is 0. The smallest absolute Gasteiger partial charge is 0.107 e. The van der Waals surface area contributed by atoms with Crippen LogP contribution in [-0.4, -0.2) is 10.2 Å². The highest BCUT2D eigenvalue weighted by molar-refractivity contribution is 7.81. The Bertz CT molecular complexity index is 303. The summed E-state index contributed by atoms with van der Waals surface area (Å²) in [6.07, 6.45) is 0. The number of allylic oxidation sites excluding steroid dienone is 4. The SMILES string of the molecule is S=C1C(Cl)=C(Cl)C(Cl)=C(Cl)C1Cl. The van der Waals surface area contributed by atoms with E-state index in [9.17, 15) is 0 Å². The van der Waals surface area contributed by atoms with Crippen molar-refractivity contribution in [3.63, 3.8) is 0 Å². The Morgan fingerprint density at radius 2 is 1.42 bits per heavy atom. The van der Waals surface area contributed by atoms with E-state index in [2.05, 4.69) is 0 Å². The van der Waals surface area contributed by atoms with Crippen LogP contribution in [0.2, 0.25) is 0 Å². The van der Waals surface area contributed by atoms with Crippen molar-refractivity contribution in [3.8, 4) is 0 Å². The minimum atomic E-state index is -0.649. The minimum absolute atomic E-state index is 0.158. The van der Waals surface area contributed by atoms with Gasteiger partial charge in [0, 0.05) is 0 Å². The Morgan fingerprint density at radius 3 is 1.92 bits per heavy atom. The van der Waals surface area contributed by atoms with Gasteiger partial charge in [-0.25, -0.2) is 0 Å². The first-order valence-electron chi connectivity index (χ1n) is 2.76. The van der Waals surface area contributed by atoms with E-state index in [1.807, 2.05) is 0 Å². The fourth-order valence-electron chi connectivity index (χ4n) is 0.647. The molecule has 1 aliphatic rings. The molecular formula is C6HCl5S. The lowest BCUT2D eigenvalue weighted by molar-refractivity contribution is 1.41. The van der Waals surface area contributed by atoms with Gasteiger partial charge in [0.15, 0.2) is 0 Å². The molecule has 0 aliphatic heterocycles. The molecule has 1 unspecified atom stereocenters. The summed E-state index contributed by atoms with van der Waals surface area (Å²) < 4.78 is 0. The van der Waals surface area contributed by atoms with Crippen molar-refractivity contribution in [1.82, 2.24) is 0 Å². The Balaban J connectivity index is 3.27. The summed E-state index contributed by atoms with van der Waals surface area (Å²) >= 11 is 33.5. The van der Waals surface area contributed by atoms with E-state index in [0.29, 0.717) is 4.86 Å². The van der Waals surface area contributed by atoms with Gasteiger partial charge in [-0.3, -0.25) is 0 Å². The first kappa shape index (κ1) is 11.1. The summed E-state index contributed by atoms with van der Waals surface area (Å²) in [5.74, 6) is 0. The number of rotatable bonds is 0. The molecule has 0 N–H and O–H groups in total. The Hall–Kier alpha value is 1.02. The summed E-state index contributed by atoms with van der Waals surface area (Å²) in [5, 5.41) is 0.0881. The number of alkyl halides is 1. The lowest BCUT2D eigenvalue weighted by atomic mass is 10.2. The molecule has 0 nitrogen and oxygen atoms in total. The lowest BCUT2D eigenvalue weighted by Crippen LogP contribution is -2.18. The molecule has 0 saturated heterocycles. The molecule has 0 aromatic carbocycles. The molecule has 66 valence electrons. The monoisotopic (exact) mass is 280 g/mol. The number of thiocarbonyl (C=S) groups is 1. The maximum absolute atomic E-state index is 5.78. The van der Waals surface area contributed by atoms with E-state index in [-0.39, 0.29) is 20.1 Å². The van der Waals surface area contributed by atoms with Gasteiger partial charge in [-0.05, 0) is 0 Å². The van der Waals surface area contributed by atoms with E-state index in [1.54, 1.807) is 0 Å². The highest BCUT2D eigenvalue weighted by Crippen LogP contribution is 2.39. The van der Waals surface area contributed by atoms with E-state index in [4.69, 9.17) is 70.2 Å². The van der Waals surface area contributed by atoms with Gasteiger partial charge in [0.05, 0.1) is 25.0 Å². The van der Waals surface area contributed by atoms with Crippen LogP contribution in [0.25, 0.3) is 0 Å². The van der Waals surface area contributed by atoms with E-state index in [0.717, 1.165) is 0 Å². The highest BCUT2D eigenvalue weighted by Gasteiger charge is 2.29. The van der Waals surface area contributed by atoms with Crippen LogP contribution < -0.4 is 0 Å². The van der Waals surface area contributed by atoms with Crippen LogP contribution in [0.15, 0.2) is 20.1 Å². The van der Waals surface area contributed by atoms with Gasteiger partial charge in [0.1, 0.15) is 5.38 Å². The third kappa shape index (κ3) is 1.77. The maximum atomic E-state index is 5.78. The molecule has 1 rings (SSSR count). The quantitative estimate of drug-likeness (QED) is 0.470. The third-order valence-electron chi connectivity index (χ3n) is 1.26. The summed E-state index contributed by atoms with van der Waals surface area (Å²) in [6.45, 7) is 0. The Kier molecular flexibility index (Phi) is 3.73. The molecule has 0 saturated carbocycles. The van der Waals surface area contributed by atoms with Crippen LogP contribution in [0.5, 0.6) is 0 Å². The highest BCUT2D eigenvalue weighted by atomic mass is 35.5. The second-order valence-electron chi connectivity index (χ2n) is 2.02. The Labute approximate surface area is 100 Å². The first-order chi connectivity index (χ1) is 5.46. The second kappa shape index (κ2) is 4.04. The fraction of sp³-hybridized carbons (Fsp3) is 0.167. The molecule has 12 heavy (non-hydrogen) atoms. The maximum Gasteiger partial charge on any atom is 0.107 e. The number of hydrogen-bond donors (Lipinski definition) is 0. The fourth-order valence-corrected chi connectivity index (χ4v) is 2.23. The number of halogens is 5. The topological polar surface area (TPSA) is 0 Å². The third-order valence-corrected chi connectivity index (χ3v) is 4.35. The molecule has 0 fully saturated rings. The van der Waals surface area contributed by atoms with Gasteiger partial charge >= 0.3 is 0 Å². The van der Waals surface area contributed by atoms with E-state index in [1.165, 1.54) is 0 Å². The van der Waals surface area contributed by atoms with Gasteiger partial charge in [-0.1, -0.05) is 58.6 Å². The van der Waals surface area contributed by atoms with Gasteiger partial charge in [0.25, 0.3) is 0 Å². The molecule has 0 aromatic rings.